The number of nitrogens with one attached hydrogen (secondary N) is 1. The molecule has 0 bridgehead atoms. The number of nitrogens with zero attached hydrogens (tertiary/aromatic N) is 4. The van der Waals surface area contributed by atoms with E-state index in [1.54, 1.807) is 11.1 Å². The molecule has 6 heteroatoms. The van der Waals surface area contributed by atoms with Crippen LogP contribution in [0.1, 0.15) is 50.7 Å². The summed E-state index contributed by atoms with van der Waals surface area (Å²) >= 11 is 0. The summed E-state index contributed by atoms with van der Waals surface area (Å²) in [5.41, 5.74) is 2.91. The second kappa shape index (κ2) is 8.25. The SMILES string of the molecule is Cc1ccc(CCNc2ncc3c(n2)N(C2CCCC2)CC(C)(C)C(=O)N3C)cc1. The molecule has 4 rings (SSSR count). The second-order valence-corrected chi connectivity index (χ2v) is 9.38. The molecule has 0 saturated heterocycles. The fraction of sp³-hybridized carbons (Fsp3) is 0.542. The quantitative estimate of drug-likeness (QED) is 0.805. The minimum absolute atomic E-state index is 0.118. The van der Waals surface area contributed by atoms with Crippen molar-refractivity contribution in [3.63, 3.8) is 0 Å². The predicted molar refractivity (Wildman–Crippen MR) is 122 cm³/mol. The first-order valence-corrected chi connectivity index (χ1v) is 11.1. The lowest BCUT2D eigenvalue weighted by Crippen LogP contribution is -2.45. The van der Waals surface area contributed by atoms with Gasteiger partial charge < -0.3 is 15.1 Å². The lowest BCUT2D eigenvalue weighted by molar-refractivity contribution is -0.125. The van der Waals surface area contributed by atoms with Crippen LogP contribution in [-0.2, 0) is 11.2 Å². The van der Waals surface area contributed by atoms with Crippen LogP contribution < -0.4 is 15.1 Å². The maximum absolute atomic E-state index is 13.1. The lowest BCUT2D eigenvalue weighted by Gasteiger charge is -2.34. The molecule has 0 spiro atoms. The van der Waals surface area contributed by atoms with Crippen molar-refractivity contribution in [2.45, 2.75) is 58.9 Å². The Morgan fingerprint density at radius 3 is 2.57 bits per heavy atom. The summed E-state index contributed by atoms with van der Waals surface area (Å²) in [6.45, 7) is 7.63. The average molecular weight is 408 g/mol. The Labute approximate surface area is 179 Å². The van der Waals surface area contributed by atoms with Gasteiger partial charge in [0.15, 0.2) is 5.82 Å². The highest BCUT2D eigenvalue weighted by atomic mass is 16.2. The van der Waals surface area contributed by atoms with Crippen molar-refractivity contribution >= 4 is 23.4 Å². The number of aromatic nitrogens is 2. The van der Waals surface area contributed by atoms with E-state index in [4.69, 9.17) is 4.98 Å². The topological polar surface area (TPSA) is 61.4 Å². The minimum Gasteiger partial charge on any atom is -0.354 e. The van der Waals surface area contributed by atoms with Gasteiger partial charge in [0, 0.05) is 26.2 Å². The summed E-state index contributed by atoms with van der Waals surface area (Å²) in [5.74, 6) is 1.63. The van der Waals surface area contributed by atoms with Gasteiger partial charge >= 0.3 is 0 Å². The smallest absolute Gasteiger partial charge is 0.234 e. The lowest BCUT2D eigenvalue weighted by atomic mass is 9.91. The molecule has 0 atom stereocenters. The molecular formula is C24H33N5O. The van der Waals surface area contributed by atoms with Crippen LogP contribution in [0.4, 0.5) is 17.5 Å². The molecular weight excluding hydrogens is 374 g/mol. The summed E-state index contributed by atoms with van der Waals surface area (Å²) in [7, 11) is 1.84. The van der Waals surface area contributed by atoms with Gasteiger partial charge in [-0.1, -0.05) is 42.7 Å². The van der Waals surface area contributed by atoms with E-state index in [0.717, 1.165) is 37.3 Å². The van der Waals surface area contributed by atoms with Gasteiger partial charge in [-0.25, -0.2) is 4.98 Å². The van der Waals surface area contributed by atoms with Crippen molar-refractivity contribution in [3.8, 4) is 0 Å². The Bertz CT molecular complexity index is 902. The molecule has 2 aliphatic rings. The Kier molecular flexibility index (Phi) is 5.67. The first kappa shape index (κ1) is 20.6. The van der Waals surface area contributed by atoms with Gasteiger partial charge in [-0.05, 0) is 45.6 Å². The molecule has 1 aliphatic carbocycles. The van der Waals surface area contributed by atoms with E-state index in [1.165, 1.54) is 24.0 Å². The molecule has 1 fully saturated rings. The van der Waals surface area contributed by atoms with Crippen LogP contribution in [0, 0.1) is 12.3 Å². The van der Waals surface area contributed by atoms with E-state index in [0.29, 0.717) is 18.5 Å². The predicted octanol–water partition coefficient (Wildman–Crippen LogP) is 4.19. The van der Waals surface area contributed by atoms with Crippen LogP contribution in [-0.4, -0.2) is 42.1 Å². The van der Waals surface area contributed by atoms with Crippen molar-refractivity contribution in [1.29, 1.82) is 0 Å². The van der Waals surface area contributed by atoms with E-state index in [9.17, 15) is 4.79 Å². The highest BCUT2D eigenvalue weighted by Crippen LogP contribution is 2.40. The Hall–Kier alpha value is -2.63. The third-order valence-corrected chi connectivity index (χ3v) is 6.42. The van der Waals surface area contributed by atoms with Gasteiger partial charge in [0.2, 0.25) is 11.9 Å². The van der Waals surface area contributed by atoms with Gasteiger partial charge in [0.25, 0.3) is 0 Å². The highest BCUT2D eigenvalue weighted by Gasteiger charge is 2.41. The molecule has 2 aromatic rings. The number of hydrogen-bond donors (Lipinski definition) is 1. The number of carbonyl (C=O) groups excluding carboxylic acids is 1. The Balaban J connectivity index is 1.57. The Morgan fingerprint density at radius 1 is 1.17 bits per heavy atom. The molecule has 30 heavy (non-hydrogen) atoms. The van der Waals surface area contributed by atoms with E-state index in [2.05, 4.69) is 46.4 Å². The summed E-state index contributed by atoms with van der Waals surface area (Å²) in [5, 5.41) is 3.38. The zero-order valence-corrected chi connectivity index (χ0v) is 18.6. The van der Waals surface area contributed by atoms with Gasteiger partial charge in [-0.3, -0.25) is 4.79 Å². The van der Waals surface area contributed by atoms with Crippen molar-refractivity contribution in [2.75, 3.05) is 35.3 Å². The third kappa shape index (κ3) is 4.13. The van der Waals surface area contributed by atoms with Crippen LogP contribution >= 0.6 is 0 Å². The van der Waals surface area contributed by atoms with Crippen LogP contribution in [0.2, 0.25) is 0 Å². The summed E-state index contributed by atoms with van der Waals surface area (Å²) in [6.07, 6.45) is 7.53. The van der Waals surface area contributed by atoms with Crippen LogP contribution in [0.5, 0.6) is 0 Å². The molecule has 1 aromatic heterocycles. The van der Waals surface area contributed by atoms with Gasteiger partial charge in [0.05, 0.1) is 11.6 Å². The van der Waals surface area contributed by atoms with Crippen LogP contribution in [0.15, 0.2) is 30.5 Å². The maximum atomic E-state index is 13.1. The molecule has 2 heterocycles. The monoisotopic (exact) mass is 407 g/mol. The normalized spacial score (nSPS) is 19.0. The van der Waals surface area contributed by atoms with E-state index in [-0.39, 0.29) is 5.91 Å². The maximum Gasteiger partial charge on any atom is 0.234 e. The van der Waals surface area contributed by atoms with Crippen molar-refractivity contribution < 1.29 is 4.79 Å². The number of rotatable bonds is 5. The van der Waals surface area contributed by atoms with Crippen molar-refractivity contribution in [1.82, 2.24) is 9.97 Å². The fourth-order valence-corrected chi connectivity index (χ4v) is 4.62. The standard InChI is InChI=1S/C24H33N5O/c1-17-9-11-18(12-10-17)13-14-25-23-26-15-20-21(27-23)29(19-7-5-6-8-19)16-24(2,3)22(30)28(20)4/h9-12,15,19H,5-8,13-14,16H2,1-4H3,(H,25,26,27). The van der Waals surface area contributed by atoms with Crippen LogP contribution in [0.3, 0.4) is 0 Å². The Morgan fingerprint density at radius 2 is 1.87 bits per heavy atom. The van der Waals surface area contributed by atoms with Gasteiger partial charge in [0.1, 0.15) is 5.69 Å². The summed E-state index contributed by atoms with van der Waals surface area (Å²) in [4.78, 5) is 26.6. The molecule has 1 aromatic carbocycles. The van der Waals surface area contributed by atoms with Crippen molar-refractivity contribution in [2.24, 2.45) is 5.41 Å². The number of fused-ring (bicyclic) bond motifs is 1. The highest BCUT2D eigenvalue weighted by molar-refractivity contribution is 6.00. The van der Waals surface area contributed by atoms with Crippen molar-refractivity contribution in [3.05, 3.63) is 41.6 Å². The zero-order valence-electron chi connectivity index (χ0n) is 18.6. The summed E-state index contributed by atoms with van der Waals surface area (Å²) < 4.78 is 0. The molecule has 1 saturated carbocycles. The average Bonchev–Trinajstić information content (AvgIpc) is 3.25. The number of amides is 1. The van der Waals surface area contributed by atoms with Crippen LogP contribution in [0.25, 0.3) is 0 Å². The molecule has 1 aliphatic heterocycles. The number of benzene rings is 1. The second-order valence-electron chi connectivity index (χ2n) is 9.38. The molecule has 160 valence electrons. The fourth-order valence-electron chi connectivity index (χ4n) is 4.62. The number of anilines is 3. The number of hydrogen-bond acceptors (Lipinski definition) is 5. The number of carbonyl (C=O) groups is 1. The minimum atomic E-state index is -0.461. The third-order valence-electron chi connectivity index (χ3n) is 6.42. The summed E-state index contributed by atoms with van der Waals surface area (Å²) in [6, 6.07) is 9.06. The molecule has 6 nitrogen and oxygen atoms in total. The largest absolute Gasteiger partial charge is 0.354 e. The van der Waals surface area contributed by atoms with E-state index >= 15 is 0 Å². The first-order valence-electron chi connectivity index (χ1n) is 11.1. The molecule has 0 radical (unpaired) electrons. The zero-order chi connectivity index (χ0) is 21.3. The van der Waals surface area contributed by atoms with E-state index in [1.807, 2.05) is 20.9 Å². The number of aryl methyl sites for hydroxylation is 1. The van der Waals surface area contributed by atoms with E-state index < -0.39 is 5.41 Å². The first-order chi connectivity index (χ1) is 14.3. The molecule has 1 N–H and O–H groups in total. The van der Waals surface area contributed by atoms with Gasteiger partial charge in [-0.15, -0.1) is 0 Å². The molecule has 1 amide bonds. The molecule has 0 unspecified atom stereocenters. The van der Waals surface area contributed by atoms with Gasteiger partial charge in [-0.2, -0.15) is 4.98 Å².